The summed E-state index contributed by atoms with van der Waals surface area (Å²) in [5.41, 5.74) is 2.22. The maximum atomic E-state index is 12.7. The standard InChI is InChI=1S/C28H25NO4/c30-28(23-15-17-25(18-16-23)33-21-22-9-3-1-4-10-22)29-26-13-7-8-14-27(26)32-20-19-31-24-11-5-2-6-12-24/h1-18H,19-21H2,(H,29,30). The van der Waals surface area contributed by atoms with E-state index in [9.17, 15) is 4.79 Å². The second kappa shape index (κ2) is 11.4. The molecule has 166 valence electrons. The molecule has 1 N–H and O–H groups in total. The molecule has 5 heteroatoms. The first-order valence-electron chi connectivity index (χ1n) is 10.8. The largest absolute Gasteiger partial charge is 0.490 e. The van der Waals surface area contributed by atoms with Crippen LogP contribution in [0.3, 0.4) is 0 Å². The number of ether oxygens (including phenoxy) is 3. The number of para-hydroxylation sites is 3. The average Bonchev–Trinajstić information content (AvgIpc) is 2.88. The molecule has 5 nitrogen and oxygen atoms in total. The van der Waals surface area contributed by atoms with E-state index in [1.165, 1.54) is 0 Å². The molecular weight excluding hydrogens is 414 g/mol. The number of hydrogen-bond acceptors (Lipinski definition) is 4. The van der Waals surface area contributed by atoms with Crippen LogP contribution in [0.15, 0.2) is 109 Å². The quantitative estimate of drug-likeness (QED) is 0.309. The first-order chi connectivity index (χ1) is 16.3. The number of anilines is 1. The molecule has 0 fully saturated rings. The first kappa shape index (κ1) is 22.0. The van der Waals surface area contributed by atoms with Gasteiger partial charge in [-0.15, -0.1) is 0 Å². The van der Waals surface area contributed by atoms with Crippen molar-refractivity contribution in [2.24, 2.45) is 0 Å². The van der Waals surface area contributed by atoms with Gasteiger partial charge in [0.05, 0.1) is 5.69 Å². The third-order valence-corrected chi connectivity index (χ3v) is 4.85. The molecule has 4 rings (SSSR count). The number of amides is 1. The van der Waals surface area contributed by atoms with Crippen LogP contribution in [0.25, 0.3) is 0 Å². The van der Waals surface area contributed by atoms with E-state index in [1.807, 2.05) is 84.9 Å². The zero-order chi connectivity index (χ0) is 22.7. The fraction of sp³-hybridized carbons (Fsp3) is 0.107. The summed E-state index contributed by atoms with van der Waals surface area (Å²) >= 11 is 0. The molecule has 0 aliphatic carbocycles. The van der Waals surface area contributed by atoms with E-state index < -0.39 is 0 Å². The molecule has 0 aliphatic heterocycles. The zero-order valence-corrected chi connectivity index (χ0v) is 18.1. The molecule has 0 heterocycles. The van der Waals surface area contributed by atoms with Crippen LogP contribution in [0, 0.1) is 0 Å². The van der Waals surface area contributed by atoms with Crippen molar-refractivity contribution in [3.05, 3.63) is 120 Å². The predicted octanol–water partition coefficient (Wildman–Crippen LogP) is 5.98. The molecule has 0 aromatic heterocycles. The third kappa shape index (κ3) is 6.61. The monoisotopic (exact) mass is 439 g/mol. The Kier molecular flexibility index (Phi) is 7.58. The van der Waals surface area contributed by atoms with E-state index in [-0.39, 0.29) is 5.91 Å². The van der Waals surface area contributed by atoms with Gasteiger partial charge in [0.1, 0.15) is 37.1 Å². The lowest BCUT2D eigenvalue weighted by Gasteiger charge is -2.13. The van der Waals surface area contributed by atoms with Crippen molar-refractivity contribution in [3.63, 3.8) is 0 Å². The van der Waals surface area contributed by atoms with E-state index in [2.05, 4.69) is 5.32 Å². The van der Waals surface area contributed by atoms with Gasteiger partial charge in [-0.1, -0.05) is 60.7 Å². The summed E-state index contributed by atoms with van der Waals surface area (Å²) in [5.74, 6) is 1.86. The topological polar surface area (TPSA) is 56.8 Å². The second-order valence-electron chi connectivity index (χ2n) is 7.26. The lowest BCUT2D eigenvalue weighted by atomic mass is 10.2. The van der Waals surface area contributed by atoms with Crippen LogP contribution in [0.5, 0.6) is 17.2 Å². The minimum absolute atomic E-state index is 0.221. The number of carbonyl (C=O) groups excluding carboxylic acids is 1. The summed E-state index contributed by atoms with van der Waals surface area (Å²) in [5, 5.41) is 2.92. The number of hydrogen-bond donors (Lipinski definition) is 1. The molecule has 1 amide bonds. The van der Waals surface area contributed by atoms with Gasteiger partial charge in [0.25, 0.3) is 5.91 Å². The van der Waals surface area contributed by atoms with Gasteiger partial charge in [-0.3, -0.25) is 4.79 Å². The van der Waals surface area contributed by atoms with Gasteiger partial charge in [-0.05, 0) is 54.1 Å². The van der Waals surface area contributed by atoms with Crippen LogP contribution >= 0.6 is 0 Å². The number of nitrogens with one attached hydrogen (secondary N) is 1. The molecule has 33 heavy (non-hydrogen) atoms. The van der Waals surface area contributed by atoms with Crippen LogP contribution in [0.4, 0.5) is 5.69 Å². The molecule has 0 saturated carbocycles. The maximum Gasteiger partial charge on any atom is 0.255 e. The molecule has 4 aromatic carbocycles. The van der Waals surface area contributed by atoms with Crippen LogP contribution in [-0.2, 0) is 6.61 Å². The summed E-state index contributed by atoms with van der Waals surface area (Å²) in [6.07, 6.45) is 0. The third-order valence-electron chi connectivity index (χ3n) is 4.85. The number of carbonyl (C=O) groups is 1. The molecule has 0 atom stereocenters. The van der Waals surface area contributed by atoms with E-state index in [4.69, 9.17) is 14.2 Å². The van der Waals surface area contributed by atoms with E-state index in [0.29, 0.717) is 42.6 Å². The van der Waals surface area contributed by atoms with Crippen molar-refractivity contribution in [1.29, 1.82) is 0 Å². The Balaban J connectivity index is 1.29. The fourth-order valence-corrected chi connectivity index (χ4v) is 3.16. The van der Waals surface area contributed by atoms with Crippen molar-refractivity contribution in [2.75, 3.05) is 18.5 Å². The van der Waals surface area contributed by atoms with E-state index in [1.54, 1.807) is 24.3 Å². The Morgan fingerprint density at radius 3 is 1.97 bits per heavy atom. The lowest BCUT2D eigenvalue weighted by molar-refractivity contribution is 0.102. The molecule has 0 saturated heterocycles. The van der Waals surface area contributed by atoms with Crippen LogP contribution in [-0.4, -0.2) is 19.1 Å². The Morgan fingerprint density at radius 2 is 1.21 bits per heavy atom. The number of rotatable bonds is 10. The highest BCUT2D eigenvalue weighted by molar-refractivity contribution is 6.05. The summed E-state index contributed by atoms with van der Waals surface area (Å²) in [6, 6.07) is 33.9. The molecular formula is C28H25NO4. The van der Waals surface area contributed by atoms with Crippen molar-refractivity contribution >= 4 is 11.6 Å². The highest BCUT2D eigenvalue weighted by Crippen LogP contribution is 2.25. The highest BCUT2D eigenvalue weighted by Gasteiger charge is 2.10. The van der Waals surface area contributed by atoms with Crippen molar-refractivity contribution in [1.82, 2.24) is 0 Å². The zero-order valence-electron chi connectivity index (χ0n) is 18.1. The Hall–Kier alpha value is -4.25. The van der Waals surface area contributed by atoms with Gasteiger partial charge >= 0.3 is 0 Å². The molecule has 0 unspecified atom stereocenters. The van der Waals surface area contributed by atoms with Gasteiger partial charge in [0.2, 0.25) is 0 Å². The lowest BCUT2D eigenvalue weighted by Crippen LogP contribution is -2.14. The molecule has 4 aromatic rings. The summed E-state index contributed by atoms with van der Waals surface area (Å²) in [4.78, 5) is 12.7. The SMILES string of the molecule is O=C(Nc1ccccc1OCCOc1ccccc1)c1ccc(OCc2ccccc2)cc1. The smallest absolute Gasteiger partial charge is 0.255 e. The highest BCUT2D eigenvalue weighted by atomic mass is 16.5. The maximum absolute atomic E-state index is 12.7. The molecule has 0 radical (unpaired) electrons. The second-order valence-corrected chi connectivity index (χ2v) is 7.26. The fourth-order valence-electron chi connectivity index (χ4n) is 3.16. The van der Waals surface area contributed by atoms with Gasteiger partial charge in [0, 0.05) is 5.56 Å². The predicted molar refractivity (Wildman–Crippen MR) is 129 cm³/mol. The Morgan fingerprint density at radius 1 is 0.606 bits per heavy atom. The average molecular weight is 440 g/mol. The summed E-state index contributed by atoms with van der Waals surface area (Å²) < 4.78 is 17.3. The van der Waals surface area contributed by atoms with Crippen molar-refractivity contribution in [2.45, 2.75) is 6.61 Å². The minimum atomic E-state index is -0.221. The molecule has 0 bridgehead atoms. The Labute approximate surface area is 193 Å². The molecule has 0 aliphatic rings. The van der Waals surface area contributed by atoms with E-state index >= 15 is 0 Å². The summed E-state index contributed by atoms with van der Waals surface area (Å²) in [7, 11) is 0. The van der Waals surface area contributed by atoms with Gasteiger partial charge in [0.15, 0.2) is 0 Å². The van der Waals surface area contributed by atoms with Gasteiger partial charge in [-0.25, -0.2) is 0 Å². The Bertz CT molecular complexity index is 1150. The molecule has 0 spiro atoms. The minimum Gasteiger partial charge on any atom is -0.490 e. The van der Waals surface area contributed by atoms with Gasteiger partial charge in [-0.2, -0.15) is 0 Å². The normalized spacial score (nSPS) is 10.3. The van der Waals surface area contributed by atoms with E-state index in [0.717, 1.165) is 11.3 Å². The van der Waals surface area contributed by atoms with Crippen molar-refractivity contribution in [3.8, 4) is 17.2 Å². The van der Waals surface area contributed by atoms with Crippen LogP contribution < -0.4 is 19.5 Å². The van der Waals surface area contributed by atoms with Crippen LogP contribution in [0.1, 0.15) is 15.9 Å². The van der Waals surface area contributed by atoms with Crippen molar-refractivity contribution < 1.29 is 19.0 Å². The van der Waals surface area contributed by atoms with Crippen LogP contribution in [0.2, 0.25) is 0 Å². The number of benzene rings is 4. The summed E-state index contributed by atoms with van der Waals surface area (Å²) in [6.45, 7) is 1.23. The van der Waals surface area contributed by atoms with Gasteiger partial charge < -0.3 is 19.5 Å². The first-order valence-corrected chi connectivity index (χ1v) is 10.8.